The van der Waals surface area contributed by atoms with Gasteiger partial charge in [-0.2, -0.15) is 0 Å². The van der Waals surface area contributed by atoms with Crippen molar-refractivity contribution in [1.29, 1.82) is 0 Å². The molecule has 0 unspecified atom stereocenters. The van der Waals surface area contributed by atoms with Gasteiger partial charge in [-0.15, -0.1) is 16.4 Å². The predicted molar refractivity (Wildman–Crippen MR) is 83.1 cm³/mol. The molecular formula is C14H17N5O3S. The topological polar surface area (TPSA) is 103 Å². The minimum atomic E-state index is -0.483. The first-order chi connectivity index (χ1) is 11.1. The Balaban J connectivity index is 1.60. The van der Waals surface area contributed by atoms with Crippen LogP contribution in [0.5, 0.6) is 0 Å². The predicted octanol–water partition coefficient (Wildman–Crippen LogP) is 0.672. The average Bonchev–Trinajstić information content (AvgIpc) is 3.26. The van der Waals surface area contributed by atoms with E-state index in [-0.39, 0.29) is 11.7 Å². The summed E-state index contributed by atoms with van der Waals surface area (Å²) in [4.78, 5) is 25.9. The molecule has 3 rings (SSSR count). The summed E-state index contributed by atoms with van der Waals surface area (Å²) in [5.74, 6) is -0.881. The fourth-order valence-electron chi connectivity index (χ4n) is 2.64. The fourth-order valence-corrected chi connectivity index (χ4v) is 3.55. The second-order valence-corrected chi connectivity index (χ2v) is 6.41. The van der Waals surface area contributed by atoms with Crippen LogP contribution in [0.4, 0.5) is 0 Å². The first-order valence-electron chi connectivity index (χ1n) is 7.16. The van der Waals surface area contributed by atoms with Gasteiger partial charge in [-0.1, -0.05) is 5.21 Å². The van der Waals surface area contributed by atoms with Crippen LogP contribution in [-0.2, 0) is 11.3 Å². The number of esters is 1. The third-order valence-corrected chi connectivity index (χ3v) is 4.77. The maximum atomic E-state index is 11.4. The second kappa shape index (κ2) is 6.47. The number of nitrogens with zero attached hydrogens (tertiary/aromatic N) is 4. The minimum Gasteiger partial charge on any atom is -0.464 e. The number of carbonyl (C=O) groups excluding carboxylic acids is 2. The summed E-state index contributed by atoms with van der Waals surface area (Å²) in [5, 5.41) is 9.63. The Bertz CT molecular complexity index is 726. The molecule has 0 radical (unpaired) electrons. The molecule has 2 aromatic rings. The lowest BCUT2D eigenvalue weighted by Gasteiger charge is -2.14. The van der Waals surface area contributed by atoms with E-state index in [1.54, 1.807) is 16.3 Å². The molecular weight excluding hydrogens is 318 g/mol. The van der Waals surface area contributed by atoms with Gasteiger partial charge in [0.15, 0.2) is 5.69 Å². The Hall–Kier alpha value is -2.26. The highest BCUT2D eigenvalue weighted by molar-refractivity contribution is 7.10. The molecule has 1 fully saturated rings. The molecule has 0 spiro atoms. The van der Waals surface area contributed by atoms with Crippen molar-refractivity contribution < 1.29 is 14.3 Å². The highest BCUT2D eigenvalue weighted by atomic mass is 32.1. The van der Waals surface area contributed by atoms with Gasteiger partial charge in [0.1, 0.15) is 0 Å². The summed E-state index contributed by atoms with van der Waals surface area (Å²) in [6, 6.07) is 2.02. The van der Waals surface area contributed by atoms with Crippen molar-refractivity contribution >= 4 is 23.2 Å². The number of primary amides is 1. The van der Waals surface area contributed by atoms with Crippen LogP contribution in [0, 0.1) is 0 Å². The summed E-state index contributed by atoms with van der Waals surface area (Å²) in [7, 11) is 1.32. The highest BCUT2D eigenvalue weighted by Crippen LogP contribution is 2.24. The van der Waals surface area contributed by atoms with Crippen LogP contribution >= 0.6 is 11.3 Å². The Morgan fingerprint density at radius 3 is 3.04 bits per heavy atom. The third kappa shape index (κ3) is 3.40. The lowest BCUT2D eigenvalue weighted by molar-refractivity contribution is 0.0593. The van der Waals surface area contributed by atoms with E-state index in [1.807, 2.05) is 6.07 Å². The molecule has 9 heteroatoms. The lowest BCUT2D eigenvalue weighted by Crippen LogP contribution is -2.21. The van der Waals surface area contributed by atoms with E-state index in [1.165, 1.54) is 18.4 Å². The van der Waals surface area contributed by atoms with E-state index in [9.17, 15) is 9.59 Å². The van der Waals surface area contributed by atoms with E-state index in [0.717, 1.165) is 30.9 Å². The van der Waals surface area contributed by atoms with Crippen molar-refractivity contribution in [3.63, 3.8) is 0 Å². The molecule has 122 valence electrons. The number of nitrogens with two attached hydrogens (primary N) is 1. The maximum Gasteiger partial charge on any atom is 0.360 e. The Morgan fingerprint density at radius 1 is 1.52 bits per heavy atom. The number of carbonyl (C=O) groups is 2. The number of aromatic nitrogens is 3. The number of thiophene rings is 1. The Morgan fingerprint density at radius 2 is 2.35 bits per heavy atom. The number of likely N-dealkylation sites (tertiary alicyclic amines) is 1. The zero-order chi connectivity index (χ0) is 16.4. The van der Waals surface area contributed by atoms with Crippen LogP contribution in [0.2, 0.25) is 0 Å². The Kier molecular flexibility index (Phi) is 4.39. The van der Waals surface area contributed by atoms with Gasteiger partial charge in [-0.3, -0.25) is 9.69 Å². The van der Waals surface area contributed by atoms with Gasteiger partial charge in [0.05, 0.1) is 24.9 Å². The molecule has 1 amide bonds. The van der Waals surface area contributed by atoms with E-state index in [2.05, 4.69) is 19.9 Å². The van der Waals surface area contributed by atoms with Gasteiger partial charge in [0, 0.05) is 29.9 Å². The van der Waals surface area contributed by atoms with Crippen molar-refractivity contribution in [3.8, 4) is 0 Å². The number of hydrogen-bond donors (Lipinski definition) is 1. The number of hydrogen-bond acceptors (Lipinski definition) is 7. The zero-order valence-corrected chi connectivity index (χ0v) is 13.5. The van der Waals surface area contributed by atoms with E-state index >= 15 is 0 Å². The number of rotatable bonds is 5. The molecule has 1 atom stereocenters. The van der Waals surface area contributed by atoms with Crippen molar-refractivity contribution in [2.24, 2.45) is 5.73 Å². The van der Waals surface area contributed by atoms with Crippen molar-refractivity contribution in [1.82, 2.24) is 19.9 Å². The van der Waals surface area contributed by atoms with E-state index in [4.69, 9.17) is 5.73 Å². The second-order valence-electron chi connectivity index (χ2n) is 5.42. The fraction of sp³-hybridized carbons (Fsp3) is 0.429. The molecule has 23 heavy (non-hydrogen) atoms. The molecule has 0 aliphatic carbocycles. The zero-order valence-electron chi connectivity index (χ0n) is 12.6. The molecule has 0 saturated carbocycles. The first kappa shape index (κ1) is 15.6. The van der Waals surface area contributed by atoms with E-state index in [0.29, 0.717) is 5.56 Å². The van der Waals surface area contributed by atoms with Crippen LogP contribution in [0.3, 0.4) is 0 Å². The molecule has 3 heterocycles. The molecule has 0 aromatic carbocycles. The van der Waals surface area contributed by atoms with Crippen LogP contribution < -0.4 is 5.73 Å². The summed E-state index contributed by atoms with van der Waals surface area (Å²) in [5.41, 5.74) is 6.04. The summed E-state index contributed by atoms with van der Waals surface area (Å²) < 4.78 is 6.35. The number of methoxy groups -OCH3 is 1. The van der Waals surface area contributed by atoms with Gasteiger partial charge < -0.3 is 10.5 Å². The molecule has 8 nitrogen and oxygen atoms in total. The standard InChI is InChI=1S/C14H17N5O3S/c1-22-14(21)12-7-19(17-16-12)10-2-3-18(5-10)6-11-4-9(8-23-11)13(15)20/h4,7-8,10H,2-3,5-6H2,1H3,(H2,15,20)/t10-/m0/s1. The third-order valence-electron chi connectivity index (χ3n) is 3.84. The molecule has 2 N–H and O–H groups in total. The smallest absolute Gasteiger partial charge is 0.360 e. The van der Waals surface area contributed by atoms with Crippen molar-refractivity contribution in [2.45, 2.75) is 19.0 Å². The summed E-state index contributed by atoms with van der Waals surface area (Å²) in [6.45, 7) is 2.50. The minimum absolute atomic E-state index is 0.177. The van der Waals surface area contributed by atoms with Gasteiger partial charge in [0.25, 0.3) is 0 Å². The monoisotopic (exact) mass is 335 g/mol. The number of ether oxygens (including phenoxy) is 1. The van der Waals surface area contributed by atoms with E-state index < -0.39 is 11.9 Å². The van der Waals surface area contributed by atoms with Gasteiger partial charge in [0.2, 0.25) is 5.91 Å². The van der Waals surface area contributed by atoms with Gasteiger partial charge in [-0.25, -0.2) is 9.48 Å². The number of amides is 1. The maximum absolute atomic E-state index is 11.4. The molecule has 1 aliphatic rings. The lowest BCUT2D eigenvalue weighted by atomic mass is 10.3. The van der Waals surface area contributed by atoms with Gasteiger partial charge in [-0.05, 0) is 12.5 Å². The Labute approximate surface area is 136 Å². The molecule has 1 aliphatic heterocycles. The summed E-state index contributed by atoms with van der Waals surface area (Å²) in [6.07, 6.45) is 2.55. The van der Waals surface area contributed by atoms with Crippen molar-refractivity contribution in [2.75, 3.05) is 20.2 Å². The quantitative estimate of drug-likeness (QED) is 0.806. The van der Waals surface area contributed by atoms with Crippen LogP contribution in [0.25, 0.3) is 0 Å². The molecule has 2 aromatic heterocycles. The van der Waals surface area contributed by atoms with Crippen LogP contribution in [0.1, 0.15) is 38.2 Å². The molecule has 1 saturated heterocycles. The SMILES string of the molecule is COC(=O)c1cn([C@H]2CCN(Cc3cc(C(N)=O)cs3)C2)nn1. The average molecular weight is 335 g/mol. The van der Waals surface area contributed by atoms with Crippen LogP contribution in [-0.4, -0.2) is 52.0 Å². The molecule has 0 bridgehead atoms. The van der Waals surface area contributed by atoms with Gasteiger partial charge >= 0.3 is 5.97 Å². The highest BCUT2D eigenvalue weighted by Gasteiger charge is 2.26. The first-order valence-corrected chi connectivity index (χ1v) is 8.04. The normalized spacial score (nSPS) is 18.2. The summed E-state index contributed by atoms with van der Waals surface area (Å²) >= 11 is 1.53. The van der Waals surface area contributed by atoms with Crippen molar-refractivity contribution in [3.05, 3.63) is 33.8 Å². The van der Waals surface area contributed by atoms with Crippen LogP contribution in [0.15, 0.2) is 17.6 Å². The largest absolute Gasteiger partial charge is 0.464 e.